The minimum absolute atomic E-state index is 0.0436. The quantitative estimate of drug-likeness (QED) is 0.544. The number of likely N-dealkylation sites (N-methyl/N-ethyl adjacent to an activating group) is 1. The number of amides is 1. The van der Waals surface area contributed by atoms with Gasteiger partial charge in [-0.15, -0.1) is 0 Å². The van der Waals surface area contributed by atoms with Gasteiger partial charge in [0.2, 0.25) is 5.91 Å². The van der Waals surface area contributed by atoms with Crippen LogP contribution in [0.15, 0.2) is 0 Å². The predicted octanol–water partition coefficient (Wildman–Crippen LogP) is -1.19. The van der Waals surface area contributed by atoms with E-state index < -0.39 is 11.9 Å². The first-order valence-corrected chi connectivity index (χ1v) is 3.41. The third-order valence-corrected chi connectivity index (χ3v) is 1.15. The third kappa shape index (κ3) is 4.68. The Morgan fingerprint density at radius 3 is 2.58 bits per heavy atom. The zero-order chi connectivity index (χ0) is 9.56. The first kappa shape index (κ1) is 10.9. The summed E-state index contributed by atoms with van der Waals surface area (Å²) in [4.78, 5) is 22.4. The van der Waals surface area contributed by atoms with Crippen molar-refractivity contribution in [1.29, 1.82) is 0 Å². The van der Waals surface area contributed by atoms with Crippen molar-refractivity contribution in [1.82, 2.24) is 4.90 Å². The highest BCUT2D eigenvalue weighted by Crippen LogP contribution is 1.85. The number of aliphatic hydroxyl groups is 1. The van der Waals surface area contributed by atoms with Crippen molar-refractivity contribution in [3.05, 3.63) is 6.92 Å². The molecule has 0 bridgehead atoms. The summed E-state index contributed by atoms with van der Waals surface area (Å²) in [6.07, 6.45) is 0. The molecule has 0 aromatic rings. The predicted molar refractivity (Wildman–Crippen MR) is 41.0 cm³/mol. The molecule has 0 aromatic carbocycles. The second-order valence-electron chi connectivity index (χ2n) is 2.19. The zero-order valence-corrected chi connectivity index (χ0v) is 6.95. The lowest BCUT2D eigenvalue weighted by Gasteiger charge is -2.12. The van der Waals surface area contributed by atoms with E-state index in [9.17, 15) is 9.59 Å². The van der Waals surface area contributed by atoms with Crippen LogP contribution in [0.25, 0.3) is 0 Å². The number of nitrogens with zero attached hydrogens (tertiary/aromatic N) is 1. The summed E-state index contributed by atoms with van der Waals surface area (Å²) in [5, 5.41) is 8.29. The topological polar surface area (TPSA) is 66.8 Å². The van der Waals surface area contributed by atoms with Gasteiger partial charge in [-0.1, -0.05) is 0 Å². The number of rotatable bonds is 4. The molecule has 0 aliphatic carbocycles. The molecule has 1 N–H and O–H groups in total. The van der Waals surface area contributed by atoms with Gasteiger partial charge < -0.3 is 14.7 Å². The first-order chi connectivity index (χ1) is 5.57. The average Bonchev–Trinajstić information content (AvgIpc) is 2.00. The number of carbonyl (C=O) groups is 2. The van der Waals surface area contributed by atoms with Crippen LogP contribution in [-0.4, -0.2) is 48.7 Å². The third-order valence-electron chi connectivity index (χ3n) is 1.15. The maximum atomic E-state index is 10.8. The lowest BCUT2D eigenvalue weighted by Crippen LogP contribution is -2.31. The van der Waals surface area contributed by atoms with Crippen LogP contribution in [0.3, 0.4) is 0 Å². The smallest absolute Gasteiger partial charge is 0.325 e. The molecule has 5 heteroatoms. The molecule has 0 heterocycles. The van der Waals surface area contributed by atoms with E-state index >= 15 is 0 Å². The number of carbonyl (C=O) groups excluding carboxylic acids is 2. The molecular formula is C7H12NO4. The second-order valence-corrected chi connectivity index (χ2v) is 2.19. The van der Waals surface area contributed by atoms with E-state index in [0.29, 0.717) is 0 Å². The summed E-state index contributed by atoms with van der Waals surface area (Å²) in [5.41, 5.74) is 0. The monoisotopic (exact) mass is 174 g/mol. The Labute approximate surface area is 70.9 Å². The maximum Gasteiger partial charge on any atom is 0.325 e. The largest absolute Gasteiger partial charge is 0.462 e. The van der Waals surface area contributed by atoms with E-state index in [1.165, 1.54) is 7.05 Å². The van der Waals surface area contributed by atoms with Crippen LogP contribution in [0.1, 0.15) is 0 Å². The summed E-state index contributed by atoms with van der Waals surface area (Å²) in [5.74, 6) is -1.00. The molecule has 0 rings (SSSR count). The summed E-state index contributed by atoms with van der Waals surface area (Å²) in [7, 11) is 1.44. The van der Waals surface area contributed by atoms with Gasteiger partial charge in [-0.25, -0.2) is 0 Å². The van der Waals surface area contributed by atoms with Gasteiger partial charge >= 0.3 is 5.97 Å². The van der Waals surface area contributed by atoms with Crippen molar-refractivity contribution in [3.63, 3.8) is 0 Å². The van der Waals surface area contributed by atoms with Gasteiger partial charge in [0.15, 0.2) is 0 Å². The summed E-state index contributed by atoms with van der Waals surface area (Å²) >= 11 is 0. The van der Waals surface area contributed by atoms with Gasteiger partial charge in [0, 0.05) is 14.0 Å². The molecule has 0 aliphatic heterocycles. The first-order valence-electron chi connectivity index (χ1n) is 3.41. The molecule has 5 nitrogen and oxygen atoms in total. The highest BCUT2D eigenvalue weighted by atomic mass is 16.5. The Bertz CT molecular complexity index is 169. The fourth-order valence-corrected chi connectivity index (χ4v) is 0.487. The highest BCUT2D eigenvalue weighted by Gasteiger charge is 2.08. The number of esters is 1. The van der Waals surface area contributed by atoms with Crippen LogP contribution >= 0.6 is 0 Å². The summed E-state index contributed by atoms with van der Waals surface area (Å²) in [6.45, 7) is 2.71. The Kier molecular flexibility index (Phi) is 5.03. The Morgan fingerprint density at radius 2 is 2.17 bits per heavy atom. The minimum Gasteiger partial charge on any atom is -0.462 e. The molecular weight excluding hydrogens is 162 g/mol. The normalized spacial score (nSPS) is 9.25. The number of hydrogen-bond acceptors (Lipinski definition) is 4. The van der Waals surface area contributed by atoms with Gasteiger partial charge in [-0.3, -0.25) is 9.59 Å². The number of hydrogen-bond donors (Lipinski definition) is 1. The van der Waals surface area contributed by atoms with E-state index in [1.807, 2.05) is 0 Å². The minimum atomic E-state index is -0.552. The average molecular weight is 174 g/mol. The molecule has 1 radical (unpaired) electrons. The van der Waals surface area contributed by atoms with Crippen molar-refractivity contribution in [2.24, 2.45) is 0 Å². The van der Waals surface area contributed by atoms with Gasteiger partial charge in [0.05, 0.1) is 6.61 Å². The Morgan fingerprint density at radius 1 is 1.58 bits per heavy atom. The molecule has 12 heavy (non-hydrogen) atoms. The van der Waals surface area contributed by atoms with Gasteiger partial charge in [0.1, 0.15) is 13.2 Å². The van der Waals surface area contributed by atoms with Crippen LogP contribution in [0.5, 0.6) is 0 Å². The van der Waals surface area contributed by atoms with E-state index in [2.05, 4.69) is 11.7 Å². The van der Waals surface area contributed by atoms with E-state index in [1.54, 1.807) is 0 Å². The fourth-order valence-electron chi connectivity index (χ4n) is 0.487. The van der Waals surface area contributed by atoms with Crippen LogP contribution in [0, 0.1) is 6.92 Å². The SMILES string of the molecule is [CH2]C(=O)N(C)CC(=O)OCCO. The summed E-state index contributed by atoms with van der Waals surface area (Å²) in [6, 6.07) is 0. The number of ether oxygens (including phenoxy) is 1. The lowest BCUT2D eigenvalue weighted by molar-refractivity contribution is -0.148. The Hall–Kier alpha value is -1.10. The zero-order valence-electron chi connectivity index (χ0n) is 6.95. The van der Waals surface area contributed by atoms with Crippen LogP contribution in [0.4, 0.5) is 0 Å². The highest BCUT2D eigenvalue weighted by molar-refractivity contribution is 5.84. The van der Waals surface area contributed by atoms with Crippen molar-refractivity contribution >= 4 is 11.9 Å². The van der Waals surface area contributed by atoms with Crippen LogP contribution < -0.4 is 0 Å². The van der Waals surface area contributed by atoms with Gasteiger partial charge in [-0.05, 0) is 0 Å². The van der Waals surface area contributed by atoms with Crippen molar-refractivity contribution < 1.29 is 19.4 Å². The molecule has 0 spiro atoms. The number of aliphatic hydroxyl groups excluding tert-OH is 1. The second kappa shape index (κ2) is 5.54. The molecule has 69 valence electrons. The van der Waals surface area contributed by atoms with Crippen LogP contribution in [-0.2, 0) is 14.3 Å². The lowest BCUT2D eigenvalue weighted by atomic mass is 10.5. The molecule has 0 unspecified atom stereocenters. The molecule has 1 amide bonds. The van der Waals surface area contributed by atoms with E-state index in [4.69, 9.17) is 5.11 Å². The molecule has 0 aromatic heterocycles. The van der Waals surface area contributed by atoms with E-state index in [-0.39, 0.29) is 19.8 Å². The molecule has 0 aliphatic rings. The van der Waals surface area contributed by atoms with Crippen LogP contribution in [0.2, 0.25) is 0 Å². The molecule has 0 saturated heterocycles. The van der Waals surface area contributed by atoms with Crippen molar-refractivity contribution in [2.45, 2.75) is 0 Å². The molecule has 0 fully saturated rings. The van der Waals surface area contributed by atoms with Crippen molar-refractivity contribution in [2.75, 3.05) is 26.8 Å². The van der Waals surface area contributed by atoms with Gasteiger partial charge in [-0.2, -0.15) is 0 Å². The summed E-state index contributed by atoms with van der Waals surface area (Å²) < 4.78 is 4.50. The molecule has 0 atom stereocenters. The van der Waals surface area contributed by atoms with Gasteiger partial charge in [0.25, 0.3) is 0 Å². The standard InChI is InChI=1S/C7H12NO4/c1-6(10)8(2)5-7(11)12-4-3-9/h9H,1,3-5H2,2H3. The molecule has 0 saturated carbocycles. The fraction of sp³-hybridized carbons (Fsp3) is 0.571. The van der Waals surface area contributed by atoms with E-state index in [0.717, 1.165) is 4.90 Å². The maximum absolute atomic E-state index is 10.8. The Balaban J connectivity index is 3.61. The van der Waals surface area contributed by atoms with Crippen molar-refractivity contribution in [3.8, 4) is 0 Å².